The molecule has 0 aliphatic rings. The first kappa shape index (κ1) is 15.9. The van der Waals surface area contributed by atoms with E-state index >= 15 is 0 Å². The predicted octanol–water partition coefficient (Wildman–Crippen LogP) is 5.18. The molecular weight excluding hydrogens is 324 g/mol. The second kappa shape index (κ2) is 6.34. The third-order valence-corrected chi connectivity index (χ3v) is 5.52. The average molecular weight is 345 g/mol. The lowest BCUT2D eigenvalue weighted by molar-refractivity contribution is -0.485. The van der Waals surface area contributed by atoms with Crippen molar-refractivity contribution in [2.45, 2.75) is 6.92 Å². The van der Waals surface area contributed by atoms with Crippen LogP contribution < -0.4 is 9.30 Å². The number of thiazole rings is 1. The van der Waals surface area contributed by atoms with Crippen LogP contribution in [0, 0.1) is 6.92 Å². The van der Waals surface area contributed by atoms with Crippen LogP contribution in [-0.2, 0) is 0 Å². The molecule has 0 radical (unpaired) electrons. The molecule has 0 unspecified atom stereocenters. The molecule has 0 saturated heterocycles. The largest absolute Gasteiger partial charge is 0.378 e. The minimum atomic E-state index is 1.21. The zero-order valence-corrected chi connectivity index (χ0v) is 15.5. The van der Waals surface area contributed by atoms with Crippen LogP contribution in [0.4, 0.5) is 5.69 Å². The predicted molar refractivity (Wildman–Crippen MR) is 109 cm³/mol. The van der Waals surface area contributed by atoms with Crippen molar-refractivity contribution in [3.63, 3.8) is 0 Å². The first-order valence-corrected chi connectivity index (χ1v) is 9.28. The van der Waals surface area contributed by atoms with Crippen LogP contribution >= 0.6 is 11.3 Å². The number of hydrogen-bond acceptors (Lipinski definition) is 2. The molecule has 2 heterocycles. The Morgan fingerprint density at radius 1 is 0.960 bits per heavy atom. The summed E-state index contributed by atoms with van der Waals surface area (Å²) in [6, 6.07) is 19.5. The van der Waals surface area contributed by atoms with Crippen LogP contribution in [-0.4, -0.2) is 14.1 Å². The maximum absolute atomic E-state index is 2.34. The highest BCUT2D eigenvalue weighted by Crippen LogP contribution is 2.23. The molecule has 2 aromatic carbocycles. The zero-order valence-electron chi connectivity index (χ0n) is 14.7. The molecule has 124 valence electrons. The van der Waals surface area contributed by atoms with Gasteiger partial charge in [0.15, 0.2) is 5.69 Å². The number of rotatable bonds is 3. The van der Waals surface area contributed by atoms with Crippen LogP contribution in [0.2, 0.25) is 0 Å². The molecule has 0 bridgehead atoms. The number of nitrogens with zero attached hydrogens (tertiary/aromatic N) is 2. The van der Waals surface area contributed by atoms with Gasteiger partial charge in [-0.15, -0.1) is 4.40 Å². The van der Waals surface area contributed by atoms with Gasteiger partial charge in [-0.3, -0.25) is 0 Å². The summed E-state index contributed by atoms with van der Waals surface area (Å²) in [7, 11) is 4.12. The summed E-state index contributed by atoms with van der Waals surface area (Å²) in [6.07, 6.45) is 4.42. The Morgan fingerprint density at radius 2 is 1.72 bits per heavy atom. The Bertz CT molecular complexity index is 1070. The fourth-order valence-corrected chi connectivity index (χ4v) is 4.10. The molecule has 4 aromatic rings. The molecule has 3 heteroatoms. The second-order valence-electron chi connectivity index (χ2n) is 6.49. The zero-order chi connectivity index (χ0) is 17.4. The standard InChI is InChI=1S/C22H21N2S/c1-16-15-25-22-14-18(20-6-4-5-7-21(20)24(16)22)11-8-17-9-12-19(13-10-17)23(2)3/h4-15H,1-3H3/q+1. The van der Waals surface area contributed by atoms with Gasteiger partial charge in [0.1, 0.15) is 0 Å². The third kappa shape index (κ3) is 2.92. The van der Waals surface area contributed by atoms with Crippen molar-refractivity contribution in [1.82, 2.24) is 0 Å². The summed E-state index contributed by atoms with van der Waals surface area (Å²) in [5, 5.41) is 3.50. The molecule has 0 atom stereocenters. The summed E-state index contributed by atoms with van der Waals surface area (Å²) >= 11 is 1.79. The number of benzene rings is 2. The minimum Gasteiger partial charge on any atom is -0.378 e. The molecule has 0 aliphatic carbocycles. The van der Waals surface area contributed by atoms with Gasteiger partial charge >= 0.3 is 0 Å². The highest BCUT2D eigenvalue weighted by Gasteiger charge is 2.16. The molecule has 0 N–H and O–H groups in total. The quantitative estimate of drug-likeness (QED) is 0.464. The second-order valence-corrected chi connectivity index (χ2v) is 7.38. The number of pyridine rings is 1. The van der Waals surface area contributed by atoms with E-state index in [0.29, 0.717) is 0 Å². The molecule has 4 rings (SSSR count). The Balaban J connectivity index is 1.80. The minimum absolute atomic E-state index is 1.21. The summed E-state index contributed by atoms with van der Waals surface area (Å²) in [5.74, 6) is 0. The molecule has 2 nitrogen and oxygen atoms in total. The Kier molecular flexibility index (Phi) is 4.02. The maximum Gasteiger partial charge on any atom is 0.268 e. The van der Waals surface area contributed by atoms with Gasteiger partial charge in [-0.05, 0) is 29.3 Å². The summed E-state index contributed by atoms with van der Waals surface area (Å²) < 4.78 is 2.34. The fourth-order valence-electron chi connectivity index (χ4n) is 3.16. The third-order valence-electron chi connectivity index (χ3n) is 4.52. The summed E-state index contributed by atoms with van der Waals surface area (Å²) in [4.78, 5) is 3.39. The van der Waals surface area contributed by atoms with E-state index in [1.54, 1.807) is 11.3 Å². The van der Waals surface area contributed by atoms with Crippen molar-refractivity contribution in [1.29, 1.82) is 0 Å². The van der Waals surface area contributed by atoms with E-state index in [9.17, 15) is 0 Å². The summed E-state index contributed by atoms with van der Waals surface area (Å²) in [6.45, 7) is 2.16. The Morgan fingerprint density at radius 3 is 2.48 bits per heavy atom. The molecule has 0 aliphatic heterocycles. The number of hydrogen-bond donors (Lipinski definition) is 0. The van der Waals surface area contributed by atoms with E-state index in [-0.39, 0.29) is 0 Å². The van der Waals surface area contributed by atoms with Crippen LogP contribution in [0.15, 0.2) is 60.0 Å². The van der Waals surface area contributed by atoms with Crippen molar-refractivity contribution in [3.05, 3.63) is 76.8 Å². The Hall–Kier alpha value is -2.65. The normalized spacial score (nSPS) is 11.6. The molecule has 0 fully saturated rings. The van der Waals surface area contributed by atoms with E-state index in [2.05, 4.69) is 102 Å². The van der Waals surface area contributed by atoms with Gasteiger partial charge in [-0.2, -0.15) is 0 Å². The number of anilines is 1. The van der Waals surface area contributed by atoms with Crippen molar-refractivity contribution >= 4 is 44.9 Å². The lowest BCUT2D eigenvalue weighted by atomic mass is 10.1. The molecular formula is C22H21N2S+. The number of fused-ring (bicyclic) bond motifs is 3. The molecule has 2 aromatic heterocycles. The van der Waals surface area contributed by atoms with Gasteiger partial charge in [0.25, 0.3) is 4.83 Å². The number of para-hydroxylation sites is 1. The average Bonchev–Trinajstić information content (AvgIpc) is 3.01. The smallest absolute Gasteiger partial charge is 0.268 e. The lowest BCUT2D eigenvalue weighted by Crippen LogP contribution is -2.23. The van der Waals surface area contributed by atoms with Crippen LogP contribution in [0.3, 0.4) is 0 Å². The molecule has 25 heavy (non-hydrogen) atoms. The van der Waals surface area contributed by atoms with Crippen molar-refractivity contribution in [2.75, 3.05) is 19.0 Å². The SMILES string of the molecule is Cc1csc2cc(/C=C\c3ccc(N(C)C)cc3)c3ccccc3[n+]12. The molecule has 0 spiro atoms. The van der Waals surface area contributed by atoms with E-state index in [1.165, 1.54) is 38.2 Å². The van der Waals surface area contributed by atoms with Gasteiger partial charge in [0.2, 0.25) is 5.52 Å². The van der Waals surface area contributed by atoms with E-state index in [4.69, 9.17) is 0 Å². The van der Waals surface area contributed by atoms with Crippen molar-refractivity contribution in [2.24, 2.45) is 0 Å². The highest BCUT2D eigenvalue weighted by atomic mass is 32.1. The lowest BCUT2D eigenvalue weighted by Gasteiger charge is -2.11. The molecule has 0 saturated carbocycles. The number of aromatic nitrogens is 1. The topological polar surface area (TPSA) is 7.34 Å². The van der Waals surface area contributed by atoms with Gasteiger partial charge in [0.05, 0.1) is 10.8 Å². The van der Waals surface area contributed by atoms with Crippen LogP contribution in [0.25, 0.3) is 27.9 Å². The van der Waals surface area contributed by atoms with Gasteiger partial charge in [-0.1, -0.05) is 47.8 Å². The highest BCUT2D eigenvalue weighted by molar-refractivity contribution is 7.15. The van der Waals surface area contributed by atoms with Gasteiger partial charge < -0.3 is 4.90 Å². The monoisotopic (exact) mass is 345 g/mol. The van der Waals surface area contributed by atoms with Crippen molar-refractivity contribution in [3.8, 4) is 0 Å². The van der Waals surface area contributed by atoms with Gasteiger partial charge in [-0.25, -0.2) is 0 Å². The van der Waals surface area contributed by atoms with Crippen molar-refractivity contribution < 1.29 is 4.40 Å². The first-order chi connectivity index (χ1) is 12.1. The fraction of sp³-hybridized carbons (Fsp3) is 0.136. The number of aryl methyl sites for hydroxylation is 1. The first-order valence-electron chi connectivity index (χ1n) is 8.40. The van der Waals surface area contributed by atoms with E-state index in [0.717, 1.165) is 0 Å². The Labute approximate surface area is 152 Å². The van der Waals surface area contributed by atoms with Crippen LogP contribution in [0.5, 0.6) is 0 Å². The summed E-state index contributed by atoms with van der Waals surface area (Å²) in [5.41, 5.74) is 6.24. The van der Waals surface area contributed by atoms with Crippen LogP contribution in [0.1, 0.15) is 16.8 Å². The molecule has 0 amide bonds. The van der Waals surface area contributed by atoms with Gasteiger partial charge in [0, 0.05) is 38.8 Å². The van der Waals surface area contributed by atoms with E-state index < -0.39 is 0 Å². The maximum atomic E-state index is 2.34. The van der Waals surface area contributed by atoms with E-state index in [1.807, 2.05) is 0 Å².